The zero-order valence-corrected chi connectivity index (χ0v) is 12.9. The number of hydrogen-bond donors (Lipinski definition) is 1. The van der Waals surface area contributed by atoms with Crippen LogP contribution < -0.4 is 5.56 Å². The molecular weight excluding hydrogens is 236 g/mol. The van der Waals surface area contributed by atoms with Crippen LogP contribution in [0.15, 0.2) is 23.3 Å². The second kappa shape index (κ2) is 8.46. The van der Waals surface area contributed by atoms with Crippen molar-refractivity contribution in [3.63, 3.8) is 0 Å². The average molecular weight is 262 g/mol. The van der Waals surface area contributed by atoms with Crippen LogP contribution in [0.3, 0.4) is 0 Å². The van der Waals surface area contributed by atoms with Gasteiger partial charge in [-0.3, -0.25) is 4.79 Å². The Morgan fingerprint density at radius 1 is 1.16 bits per heavy atom. The van der Waals surface area contributed by atoms with Crippen molar-refractivity contribution >= 4 is 12.2 Å². The molecule has 0 spiro atoms. The third-order valence-electron chi connectivity index (χ3n) is 2.93. The van der Waals surface area contributed by atoms with Crippen molar-refractivity contribution in [1.82, 2.24) is 9.97 Å². The zero-order chi connectivity index (χ0) is 14.9. The molecular formula is C16H26N2O. The van der Waals surface area contributed by atoms with Gasteiger partial charge in [0.05, 0.1) is 17.6 Å². The SMILES string of the molecule is CC.CC.CCC1(C)C=Cc2nc[nH]c(=O)c2C=C1. The van der Waals surface area contributed by atoms with E-state index in [1.165, 1.54) is 6.33 Å². The van der Waals surface area contributed by atoms with Crippen molar-refractivity contribution in [1.29, 1.82) is 0 Å². The summed E-state index contributed by atoms with van der Waals surface area (Å²) in [5.41, 5.74) is 1.33. The van der Waals surface area contributed by atoms with Gasteiger partial charge in [-0.05, 0) is 12.5 Å². The van der Waals surface area contributed by atoms with Gasteiger partial charge in [0.1, 0.15) is 0 Å². The van der Waals surface area contributed by atoms with E-state index in [0.29, 0.717) is 5.56 Å². The molecule has 3 nitrogen and oxygen atoms in total. The predicted molar refractivity (Wildman–Crippen MR) is 84.0 cm³/mol. The summed E-state index contributed by atoms with van der Waals surface area (Å²) < 4.78 is 0. The van der Waals surface area contributed by atoms with Gasteiger partial charge in [0.25, 0.3) is 5.56 Å². The molecule has 0 fully saturated rings. The Kier molecular flexibility index (Phi) is 7.73. The topological polar surface area (TPSA) is 45.8 Å². The molecule has 0 saturated carbocycles. The van der Waals surface area contributed by atoms with Gasteiger partial charge in [-0.25, -0.2) is 4.98 Å². The van der Waals surface area contributed by atoms with Crippen molar-refractivity contribution in [2.45, 2.75) is 48.0 Å². The second-order valence-corrected chi connectivity index (χ2v) is 4.06. The monoisotopic (exact) mass is 262 g/mol. The fourth-order valence-electron chi connectivity index (χ4n) is 1.55. The van der Waals surface area contributed by atoms with Crippen LogP contribution in [0.5, 0.6) is 0 Å². The highest BCUT2D eigenvalue weighted by atomic mass is 16.1. The van der Waals surface area contributed by atoms with E-state index in [1.807, 2.05) is 39.8 Å². The lowest BCUT2D eigenvalue weighted by Crippen LogP contribution is -2.11. The number of hydrogen-bond acceptors (Lipinski definition) is 2. The first-order valence-electron chi connectivity index (χ1n) is 7.11. The first-order chi connectivity index (χ1) is 9.14. The number of aromatic nitrogens is 2. The number of nitrogens with one attached hydrogen (secondary N) is 1. The van der Waals surface area contributed by atoms with Crippen LogP contribution in [-0.4, -0.2) is 9.97 Å². The molecule has 1 aliphatic rings. The van der Waals surface area contributed by atoms with E-state index >= 15 is 0 Å². The molecule has 106 valence electrons. The first kappa shape index (κ1) is 17.4. The van der Waals surface area contributed by atoms with Gasteiger partial charge in [0.15, 0.2) is 0 Å². The molecule has 1 aromatic heterocycles. The second-order valence-electron chi connectivity index (χ2n) is 4.06. The first-order valence-corrected chi connectivity index (χ1v) is 7.11. The van der Waals surface area contributed by atoms with Crippen molar-refractivity contribution in [2.75, 3.05) is 0 Å². The Balaban J connectivity index is 0.000000741. The van der Waals surface area contributed by atoms with E-state index in [1.54, 1.807) is 0 Å². The smallest absolute Gasteiger partial charge is 0.258 e. The highest BCUT2D eigenvalue weighted by Gasteiger charge is 2.17. The fraction of sp³-hybridized carbons (Fsp3) is 0.500. The highest BCUT2D eigenvalue weighted by molar-refractivity contribution is 5.65. The van der Waals surface area contributed by atoms with Crippen LogP contribution in [0.4, 0.5) is 0 Å². The Labute approximate surface area is 116 Å². The quantitative estimate of drug-likeness (QED) is 0.821. The van der Waals surface area contributed by atoms with Crippen LogP contribution in [0.2, 0.25) is 0 Å². The van der Waals surface area contributed by atoms with Gasteiger partial charge < -0.3 is 4.98 Å². The minimum Gasteiger partial charge on any atom is -0.313 e. The molecule has 0 bridgehead atoms. The summed E-state index contributed by atoms with van der Waals surface area (Å²) in [6.07, 6.45) is 10.4. The van der Waals surface area contributed by atoms with E-state index in [2.05, 4.69) is 36.0 Å². The average Bonchev–Trinajstić information content (AvgIpc) is 2.65. The molecule has 19 heavy (non-hydrogen) atoms. The summed E-state index contributed by atoms with van der Waals surface area (Å²) >= 11 is 0. The maximum Gasteiger partial charge on any atom is 0.258 e. The van der Waals surface area contributed by atoms with Gasteiger partial charge >= 0.3 is 0 Å². The largest absolute Gasteiger partial charge is 0.313 e. The number of allylic oxidation sites excluding steroid dienone is 2. The molecule has 1 unspecified atom stereocenters. The molecule has 0 aliphatic heterocycles. The van der Waals surface area contributed by atoms with E-state index in [4.69, 9.17) is 0 Å². The van der Waals surface area contributed by atoms with Crippen LogP contribution in [0.1, 0.15) is 59.2 Å². The minimum absolute atomic E-state index is 0.0210. The standard InChI is InChI=1S/C12H14N2O.2C2H6/c1-3-12(2)6-4-9-10(5-7-12)13-8-14-11(9)15;2*1-2/h4-8H,3H2,1-2H3,(H,13,14,15);2*1-2H3. The van der Waals surface area contributed by atoms with Crippen molar-refractivity contribution in [3.8, 4) is 0 Å². The number of rotatable bonds is 1. The van der Waals surface area contributed by atoms with Gasteiger partial charge in [0, 0.05) is 5.41 Å². The summed E-state index contributed by atoms with van der Waals surface area (Å²) in [6, 6.07) is 0. The normalized spacial score (nSPS) is 19.3. The Morgan fingerprint density at radius 3 is 2.32 bits per heavy atom. The summed E-state index contributed by atoms with van der Waals surface area (Å²) in [7, 11) is 0. The zero-order valence-electron chi connectivity index (χ0n) is 12.9. The lowest BCUT2D eigenvalue weighted by Gasteiger charge is -2.17. The Bertz CT molecular complexity index is 486. The summed E-state index contributed by atoms with van der Waals surface area (Å²) in [6.45, 7) is 12.3. The molecule has 0 aromatic carbocycles. The lowest BCUT2D eigenvalue weighted by molar-refractivity contribution is 0.536. The summed E-state index contributed by atoms with van der Waals surface area (Å²) in [5, 5.41) is 0. The maximum absolute atomic E-state index is 11.5. The Morgan fingerprint density at radius 2 is 1.74 bits per heavy atom. The van der Waals surface area contributed by atoms with E-state index in [0.717, 1.165) is 12.1 Å². The van der Waals surface area contributed by atoms with E-state index in [9.17, 15) is 4.79 Å². The van der Waals surface area contributed by atoms with Gasteiger partial charge in [-0.2, -0.15) is 0 Å². The minimum atomic E-state index is -0.0822. The van der Waals surface area contributed by atoms with Crippen LogP contribution in [-0.2, 0) is 0 Å². The van der Waals surface area contributed by atoms with Gasteiger partial charge in [-0.15, -0.1) is 0 Å². The predicted octanol–water partition coefficient (Wildman–Crippen LogP) is 4.28. The molecule has 1 aromatic rings. The van der Waals surface area contributed by atoms with Crippen LogP contribution >= 0.6 is 0 Å². The lowest BCUT2D eigenvalue weighted by atomic mass is 9.87. The number of nitrogens with zero attached hydrogens (tertiary/aromatic N) is 1. The summed E-state index contributed by atoms with van der Waals surface area (Å²) in [4.78, 5) is 18.3. The van der Waals surface area contributed by atoms with Crippen molar-refractivity contribution in [2.24, 2.45) is 5.41 Å². The molecule has 2 rings (SSSR count). The highest BCUT2D eigenvalue weighted by Crippen LogP contribution is 2.29. The van der Waals surface area contributed by atoms with Crippen LogP contribution in [0.25, 0.3) is 12.2 Å². The van der Waals surface area contributed by atoms with Crippen LogP contribution in [0, 0.1) is 5.41 Å². The molecule has 1 N–H and O–H groups in total. The van der Waals surface area contributed by atoms with Crippen molar-refractivity contribution in [3.05, 3.63) is 40.1 Å². The molecule has 1 heterocycles. The van der Waals surface area contributed by atoms with Crippen molar-refractivity contribution < 1.29 is 0 Å². The Hall–Kier alpha value is -1.64. The fourth-order valence-corrected chi connectivity index (χ4v) is 1.55. The third-order valence-corrected chi connectivity index (χ3v) is 2.93. The summed E-state index contributed by atoms with van der Waals surface area (Å²) in [5.74, 6) is 0. The third kappa shape index (κ3) is 4.51. The van der Waals surface area contributed by atoms with E-state index < -0.39 is 0 Å². The molecule has 1 aliphatic carbocycles. The maximum atomic E-state index is 11.5. The van der Waals surface area contributed by atoms with E-state index in [-0.39, 0.29) is 11.0 Å². The molecule has 0 saturated heterocycles. The molecule has 3 heteroatoms. The molecule has 1 atom stereocenters. The van der Waals surface area contributed by atoms with Gasteiger partial charge in [0.2, 0.25) is 0 Å². The molecule has 0 amide bonds. The number of fused-ring (bicyclic) bond motifs is 1. The molecule has 0 radical (unpaired) electrons. The van der Waals surface area contributed by atoms with Gasteiger partial charge in [-0.1, -0.05) is 59.8 Å². The number of aromatic amines is 1. The number of H-pyrrole nitrogens is 1.